The minimum absolute atomic E-state index is 0. The van der Waals surface area contributed by atoms with Gasteiger partial charge in [-0.1, -0.05) is 0 Å². The Morgan fingerprint density at radius 1 is 1.67 bits per heavy atom. The van der Waals surface area contributed by atoms with Gasteiger partial charge in [-0.3, -0.25) is 0 Å². The molecular weight excluding hydrogens is 182 g/mol. The molecule has 0 unspecified atom stereocenters. The molecule has 0 aliphatic heterocycles. The van der Waals surface area contributed by atoms with Gasteiger partial charge in [0.15, 0.2) is 5.82 Å². The van der Waals surface area contributed by atoms with Crippen molar-refractivity contribution in [1.82, 2.24) is 20.2 Å². The van der Waals surface area contributed by atoms with Gasteiger partial charge in [0.25, 0.3) is 0 Å². The quantitative estimate of drug-likeness (QED) is 0.650. The predicted octanol–water partition coefficient (Wildman–Crippen LogP) is -0.893. The minimum atomic E-state index is -0.518. The number of rotatable bonds is 3. The van der Waals surface area contributed by atoms with Crippen LogP contribution in [-0.4, -0.2) is 31.9 Å². The average Bonchev–Trinajstić information content (AvgIpc) is 2.50. The Morgan fingerprint density at radius 3 is 2.75 bits per heavy atom. The standard InChI is InChI=1S/C5H11N5O.ClH/c1-2-10-8-5(7-9-10)4(6)3-11;/h4,11H,2-3,6H2,1H3;1H/t4-;/m0./s1. The molecular formula is C5H12ClN5O. The molecule has 1 heterocycles. The fourth-order valence-corrected chi connectivity index (χ4v) is 0.620. The van der Waals surface area contributed by atoms with E-state index in [1.165, 1.54) is 4.80 Å². The zero-order chi connectivity index (χ0) is 8.27. The molecule has 6 nitrogen and oxygen atoms in total. The summed E-state index contributed by atoms with van der Waals surface area (Å²) in [7, 11) is 0. The molecule has 7 heteroatoms. The number of halogens is 1. The number of aliphatic hydroxyl groups excluding tert-OH is 1. The second kappa shape index (κ2) is 5.02. The van der Waals surface area contributed by atoms with Crippen LogP contribution in [0.25, 0.3) is 0 Å². The monoisotopic (exact) mass is 193 g/mol. The SMILES string of the molecule is CCn1nnc([C@@H](N)CO)n1.Cl. The van der Waals surface area contributed by atoms with Crippen molar-refractivity contribution in [2.75, 3.05) is 6.61 Å². The van der Waals surface area contributed by atoms with E-state index < -0.39 is 6.04 Å². The number of nitrogens with two attached hydrogens (primary N) is 1. The number of tetrazole rings is 1. The molecule has 0 aromatic carbocycles. The summed E-state index contributed by atoms with van der Waals surface area (Å²) >= 11 is 0. The predicted molar refractivity (Wildman–Crippen MR) is 44.8 cm³/mol. The first-order chi connectivity index (χ1) is 5.27. The van der Waals surface area contributed by atoms with Gasteiger partial charge in [0.1, 0.15) is 0 Å². The molecule has 0 saturated carbocycles. The Balaban J connectivity index is 0.00000121. The smallest absolute Gasteiger partial charge is 0.193 e. The van der Waals surface area contributed by atoms with Gasteiger partial charge < -0.3 is 10.8 Å². The van der Waals surface area contributed by atoms with E-state index in [0.717, 1.165) is 0 Å². The molecule has 0 bridgehead atoms. The second-order valence-corrected chi connectivity index (χ2v) is 2.13. The third-order valence-corrected chi connectivity index (χ3v) is 1.28. The lowest BCUT2D eigenvalue weighted by Gasteiger charge is -1.98. The highest BCUT2D eigenvalue weighted by atomic mass is 35.5. The van der Waals surface area contributed by atoms with Gasteiger partial charge in [-0.25, -0.2) is 0 Å². The summed E-state index contributed by atoms with van der Waals surface area (Å²) in [5.74, 6) is 0.384. The lowest BCUT2D eigenvalue weighted by Crippen LogP contribution is -2.16. The number of hydrogen-bond donors (Lipinski definition) is 2. The van der Waals surface area contributed by atoms with Crippen molar-refractivity contribution in [3.05, 3.63) is 5.82 Å². The molecule has 0 spiro atoms. The van der Waals surface area contributed by atoms with Gasteiger partial charge in [0.2, 0.25) is 0 Å². The zero-order valence-corrected chi connectivity index (χ0v) is 7.53. The van der Waals surface area contributed by atoms with E-state index in [4.69, 9.17) is 10.8 Å². The molecule has 1 atom stereocenters. The van der Waals surface area contributed by atoms with Crippen LogP contribution >= 0.6 is 12.4 Å². The highest BCUT2D eigenvalue weighted by Gasteiger charge is 2.09. The van der Waals surface area contributed by atoms with Crippen molar-refractivity contribution in [1.29, 1.82) is 0 Å². The largest absolute Gasteiger partial charge is 0.394 e. The van der Waals surface area contributed by atoms with Gasteiger partial charge in [-0.05, 0) is 12.1 Å². The molecule has 0 saturated heterocycles. The maximum atomic E-state index is 8.63. The number of aryl methyl sites for hydroxylation is 1. The van der Waals surface area contributed by atoms with E-state index in [2.05, 4.69) is 15.4 Å². The Labute approximate surface area is 76.2 Å². The average molecular weight is 194 g/mol. The van der Waals surface area contributed by atoms with E-state index in [1.54, 1.807) is 0 Å². The zero-order valence-electron chi connectivity index (χ0n) is 6.71. The first-order valence-corrected chi connectivity index (χ1v) is 3.42. The third-order valence-electron chi connectivity index (χ3n) is 1.28. The highest BCUT2D eigenvalue weighted by Crippen LogP contribution is 1.98. The molecule has 1 rings (SSSR count). The molecule has 1 aromatic rings. The summed E-state index contributed by atoms with van der Waals surface area (Å²) in [6, 6.07) is -0.518. The van der Waals surface area contributed by atoms with Gasteiger partial charge in [0.05, 0.1) is 19.2 Å². The minimum Gasteiger partial charge on any atom is -0.394 e. The molecule has 3 N–H and O–H groups in total. The Morgan fingerprint density at radius 2 is 2.33 bits per heavy atom. The first-order valence-electron chi connectivity index (χ1n) is 3.42. The summed E-state index contributed by atoms with van der Waals surface area (Å²) < 4.78 is 0. The molecule has 0 aliphatic carbocycles. The van der Waals surface area contributed by atoms with E-state index in [0.29, 0.717) is 12.4 Å². The van der Waals surface area contributed by atoms with Crippen LogP contribution in [0.5, 0.6) is 0 Å². The van der Waals surface area contributed by atoms with Crippen LogP contribution in [0.15, 0.2) is 0 Å². The van der Waals surface area contributed by atoms with Crippen molar-refractivity contribution < 1.29 is 5.11 Å². The van der Waals surface area contributed by atoms with Crippen LogP contribution in [0, 0.1) is 0 Å². The van der Waals surface area contributed by atoms with Crippen LogP contribution < -0.4 is 5.73 Å². The second-order valence-electron chi connectivity index (χ2n) is 2.13. The molecule has 1 aromatic heterocycles. The molecule has 0 aliphatic rings. The van der Waals surface area contributed by atoms with Gasteiger partial charge in [-0.15, -0.1) is 22.6 Å². The fraction of sp³-hybridized carbons (Fsp3) is 0.800. The van der Waals surface area contributed by atoms with Crippen molar-refractivity contribution in [2.45, 2.75) is 19.5 Å². The molecule has 0 fully saturated rings. The Hall–Kier alpha value is -0.720. The van der Waals surface area contributed by atoms with E-state index >= 15 is 0 Å². The Bertz CT molecular complexity index is 227. The highest BCUT2D eigenvalue weighted by molar-refractivity contribution is 5.85. The lowest BCUT2D eigenvalue weighted by atomic mass is 10.3. The number of nitrogens with zero attached hydrogens (tertiary/aromatic N) is 4. The van der Waals surface area contributed by atoms with Crippen LogP contribution in [-0.2, 0) is 6.54 Å². The number of aliphatic hydroxyl groups is 1. The molecule has 70 valence electrons. The van der Waals surface area contributed by atoms with E-state index in [1.807, 2.05) is 6.92 Å². The molecule has 12 heavy (non-hydrogen) atoms. The van der Waals surface area contributed by atoms with Crippen molar-refractivity contribution >= 4 is 12.4 Å². The van der Waals surface area contributed by atoms with Gasteiger partial charge >= 0.3 is 0 Å². The van der Waals surface area contributed by atoms with Crippen LogP contribution in [0.3, 0.4) is 0 Å². The summed E-state index contributed by atoms with van der Waals surface area (Å²) in [4.78, 5) is 1.42. The van der Waals surface area contributed by atoms with Crippen LogP contribution in [0.4, 0.5) is 0 Å². The fourth-order valence-electron chi connectivity index (χ4n) is 0.620. The number of hydrogen-bond acceptors (Lipinski definition) is 5. The summed E-state index contributed by atoms with van der Waals surface area (Å²) in [6.45, 7) is 2.40. The van der Waals surface area contributed by atoms with Gasteiger partial charge in [-0.2, -0.15) is 4.80 Å². The van der Waals surface area contributed by atoms with Crippen molar-refractivity contribution in [3.8, 4) is 0 Å². The van der Waals surface area contributed by atoms with Crippen molar-refractivity contribution in [3.63, 3.8) is 0 Å². The normalized spacial score (nSPS) is 12.2. The maximum absolute atomic E-state index is 8.63. The maximum Gasteiger partial charge on any atom is 0.193 e. The van der Waals surface area contributed by atoms with E-state index in [-0.39, 0.29) is 19.0 Å². The number of aromatic nitrogens is 4. The first kappa shape index (κ1) is 11.3. The van der Waals surface area contributed by atoms with Crippen molar-refractivity contribution in [2.24, 2.45) is 5.73 Å². The summed E-state index contributed by atoms with van der Waals surface area (Å²) in [6.07, 6.45) is 0. The van der Waals surface area contributed by atoms with Crippen LogP contribution in [0.1, 0.15) is 18.8 Å². The Kier molecular flexibility index (Phi) is 4.72. The topological polar surface area (TPSA) is 89.9 Å². The molecule has 0 radical (unpaired) electrons. The summed E-state index contributed by atoms with van der Waals surface area (Å²) in [5.41, 5.74) is 5.43. The summed E-state index contributed by atoms with van der Waals surface area (Å²) in [5, 5.41) is 19.9. The third kappa shape index (κ3) is 2.40. The van der Waals surface area contributed by atoms with Gasteiger partial charge in [0, 0.05) is 0 Å². The lowest BCUT2D eigenvalue weighted by molar-refractivity contribution is 0.263. The molecule has 0 amide bonds. The van der Waals surface area contributed by atoms with Crippen LogP contribution in [0.2, 0.25) is 0 Å². The van der Waals surface area contributed by atoms with E-state index in [9.17, 15) is 0 Å².